The fraction of sp³-hybridized carbons (Fsp3) is 0.533. The number of hydrogen-bond acceptors (Lipinski definition) is 4. The van der Waals surface area contributed by atoms with Crippen LogP contribution < -0.4 is 15.4 Å². The summed E-state index contributed by atoms with van der Waals surface area (Å²) in [5, 5.41) is 6.44. The molecule has 0 radical (unpaired) electrons. The number of aldehydes is 1. The molecule has 0 unspecified atom stereocenters. The molecular weight excluding hydrogens is 259 g/mol. The van der Waals surface area contributed by atoms with E-state index < -0.39 is 0 Å². The van der Waals surface area contributed by atoms with Gasteiger partial charge in [-0.2, -0.15) is 0 Å². The van der Waals surface area contributed by atoms with Gasteiger partial charge in [-0.3, -0.25) is 4.79 Å². The third kappa shape index (κ3) is 11.6. The predicted octanol–water partition coefficient (Wildman–Crippen LogP) is 2.00. The number of piperazine rings is 1. The summed E-state index contributed by atoms with van der Waals surface area (Å²) in [4.78, 5) is 9.85. The van der Waals surface area contributed by atoms with Crippen molar-refractivity contribution < 1.29 is 13.9 Å². The standard InChI is InChI=1S/C8H7FO2.C4H10N2.C3H8/c9-7-1-3-8(4-2-7)11-6-5-10;1-2-6-4-3-5-1;1-3-2/h1-5H,6H2;5-6H,1-4H2;3H2,1-2H3. The lowest BCUT2D eigenvalue weighted by Gasteiger charge is -2.11. The SMILES string of the molecule is C1CNCCN1.CCC.O=CCOc1ccc(F)cc1. The van der Waals surface area contributed by atoms with Gasteiger partial charge in [0, 0.05) is 26.2 Å². The second-order valence-corrected chi connectivity index (χ2v) is 4.14. The largest absolute Gasteiger partial charge is 0.486 e. The first-order chi connectivity index (χ1) is 9.74. The molecule has 114 valence electrons. The maximum Gasteiger partial charge on any atom is 0.157 e. The monoisotopic (exact) mass is 284 g/mol. The van der Waals surface area contributed by atoms with Crippen molar-refractivity contribution in [3.05, 3.63) is 30.1 Å². The predicted molar refractivity (Wildman–Crippen MR) is 79.7 cm³/mol. The highest BCUT2D eigenvalue weighted by Crippen LogP contribution is 2.09. The number of rotatable bonds is 3. The summed E-state index contributed by atoms with van der Waals surface area (Å²) >= 11 is 0. The van der Waals surface area contributed by atoms with Crippen molar-refractivity contribution in [3.8, 4) is 5.75 Å². The molecule has 0 aromatic heterocycles. The van der Waals surface area contributed by atoms with Gasteiger partial charge < -0.3 is 15.4 Å². The molecule has 1 heterocycles. The van der Waals surface area contributed by atoms with Crippen LogP contribution in [-0.2, 0) is 4.79 Å². The molecule has 0 saturated carbocycles. The van der Waals surface area contributed by atoms with Crippen molar-refractivity contribution in [1.29, 1.82) is 0 Å². The maximum atomic E-state index is 12.3. The molecule has 1 aliphatic heterocycles. The number of benzene rings is 1. The van der Waals surface area contributed by atoms with Crippen LogP contribution in [0, 0.1) is 5.82 Å². The molecule has 4 nitrogen and oxygen atoms in total. The third-order valence-corrected chi connectivity index (χ3v) is 2.09. The Morgan fingerprint density at radius 1 is 1.10 bits per heavy atom. The van der Waals surface area contributed by atoms with Gasteiger partial charge in [0.2, 0.25) is 0 Å². The molecule has 0 atom stereocenters. The van der Waals surface area contributed by atoms with Crippen molar-refractivity contribution in [3.63, 3.8) is 0 Å². The van der Waals surface area contributed by atoms with Crippen LogP contribution in [-0.4, -0.2) is 39.1 Å². The molecule has 1 aromatic carbocycles. The highest BCUT2D eigenvalue weighted by Gasteiger charge is 1.92. The minimum atomic E-state index is -0.316. The van der Waals surface area contributed by atoms with Gasteiger partial charge in [-0.05, 0) is 24.3 Å². The molecule has 1 aromatic rings. The molecule has 0 bridgehead atoms. The number of ether oxygens (including phenoxy) is 1. The molecule has 0 spiro atoms. The Balaban J connectivity index is 0.000000336. The lowest BCUT2D eigenvalue weighted by molar-refractivity contribution is -0.109. The first-order valence-corrected chi connectivity index (χ1v) is 6.98. The molecule has 1 fully saturated rings. The van der Waals surface area contributed by atoms with E-state index in [2.05, 4.69) is 24.5 Å². The van der Waals surface area contributed by atoms with Crippen LogP contribution in [0.15, 0.2) is 24.3 Å². The molecule has 0 aliphatic carbocycles. The smallest absolute Gasteiger partial charge is 0.157 e. The average Bonchev–Trinajstić information content (AvgIpc) is 2.50. The zero-order valence-electron chi connectivity index (χ0n) is 12.3. The number of carbonyl (C=O) groups is 1. The van der Waals surface area contributed by atoms with Gasteiger partial charge in [-0.15, -0.1) is 0 Å². The van der Waals surface area contributed by atoms with Gasteiger partial charge in [0.05, 0.1) is 0 Å². The average molecular weight is 284 g/mol. The Hall–Kier alpha value is -1.46. The second-order valence-electron chi connectivity index (χ2n) is 4.14. The zero-order chi connectivity index (χ0) is 15.1. The Morgan fingerprint density at radius 2 is 1.55 bits per heavy atom. The summed E-state index contributed by atoms with van der Waals surface area (Å²) in [5.41, 5.74) is 0. The van der Waals surface area contributed by atoms with Gasteiger partial charge in [0.15, 0.2) is 6.29 Å². The first kappa shape index (κ1) is 18.5. The fourth-order valence-corrected chi connectivity index (χ4v) is 1.26. The van der Waals surface area contributed by atoms with Crippen molar-refractivity contribution in [2.45, 2.75) is 20.3 Å². The molecule has 2 N–H and O–H groups in total. The van der Waals surface area contributed by atoms with Gasteiger partial charge in [-0.1, -0.05) is 20.3 Å². The summed E-state index contributed by atoms with van der Waals surface area (Å²) < 4.78 is 17.2. The molecule has 1 aliphatic rings. The highest BCUT2D eigenvalue weighted by atomic mass is 19.1. The van der Waals surface area contributed by atoms with Crippen LogP contribution in [0.5, 0.6) is 5.75 Å². The number of halogens is 1. The van der Waals surface area contributed by atoms with Gasteiger partial charge in [0.25, 0.3) is 0 Å². The fourth-order valence-electron chi connectivity index (χ4n) is 1.26. The summed E-state index contributed by atoms with van der Waals surface area (Å²) in [5.74, 6) is 0.182. The van der Waals surface area contributed by atoms with Crippen LogP contribution in [0.25, 0.3) is 0 Å². The molecular formula is C15H25FN2O2. The number of hydrogen-bond donors (Lipinski definition) is 2. The minimum absolute atomic E-state index is 0.00559. The van der Waals surface area contributed by atoms with E-state index in [9.17, 15) is 9.18 Å². The van der Waals surface area contributed by atoms with E-state index in [0.717, 1.165) is 26.2 Å². The topological polar surface area (TPSA) is 50.4 Å². The van der Waals surface area contributed by atoms with E-state index in [-0.39, 0.29) is 12.4 Å². The molecule has 20 heavy (non-hydrogen) atoms. The Kier molecular flexibility index (Phi) is 12.9. The van der Waals surface area contributed by atoms with Crippen LogP contribution in [0.1, 0.15) is 20.3 Å². The lowest BCUT2D eigenvalue weighted by atomic mass is 10.3. The lowest BCUT2D eigenvalue weighted by Crippen LogP contribution is -2.39. The maximum absolute atomic E-state index is 12.3. The highest BCUT2D eigenvalue weighted by molar-refractivity contribution is 5.51. The Bertz CT molecular complexity index is 316. The Labute approximate surface area is 120 Å². The minimum Gasteiger partial charge on any atom is -0.486 e. The van der Waals surface area contributed by atoms with E-state index in [1.807, 2.05) is 0 Å². The molecule has 5 heteroatoms. The Morgan fingerprint density at radius 3 is 1.90 bits per heavy atom. The quantitative estimate of drug-likeness (QED) is 0.834. The van der Waals surface area contributed by atoms with Crippen LogP contribution in [0.4, 0.5) is 4.39 Å². The van der Waals surface area contributed by atoms with Crippen molar-refractivity contribution in [2.75, 3.05) is 32.8 Å². The van der Waals surface area contributed by atoms with Gasteiger partial charge in [-0.25, -0.2) is 4.39 Å². The first-order valence-electron chi connectivity index (χ1n) is 6.98. The third-order valence-electron chi connectivity index (χ3n) is 2.09. The van der Waals surface area contributed by atoms with E-state index in [1.54, 1.807) is 0 Å². The second kappa shape index (κ2) is 14.0. The summed E-state index contributed by atoms with van der Waals surface area (Å²) in [6.07, 6.45) is 1.89. The molecule has 1 saturated heterocycles. The normalized spacial score (nSPS) is 13.2. The van der Waals surface area contributed by atoms with Crippen LogP contribution >= 0.6 is 0 Å². The summed E-state index contributed by atoms with van der Waals surface area (Å²) in [7, 11) is 0. The number of carbonyl (C=O) groups excluding carboxylic acids is 1. The molecule has 0 amide bonds. The van der Waals surface area contributed by atoms with E-state index in [1.165, 1.54) is 30.7 Å². The van der Waals surface area contributed by atoms with E-state index >= 15 is 0 Å². The van der Waals surface area contributed by atoms with E-state index in [0.29, 0.717) is 12.0 Å². The van der Waals surface area contributed by atoms with Crippen molar-refractivity contribution >= 4 is 6.29 Å². The zero-order valence-corrected chi connectivity index (χ0v) is 12.3. The number of nitrogens with one attached hydrogen (secondary N) is 2. The summed E-state index contributed by atoms with van der Waals surface area (Å²) in [6.45, 7) is 8.81. The van der Waals surface area contributed by atoms with Gasteiger partial charge >= 0.3 is 0 Å². The van der Waals surface area contributed by atoms with Crippen molar-refractivity contribution in [2.24, 2.45) is 0 Å². The van der Waals surface area contributed by atoms with Crippen LogP contribution in [0.2, 0.25) is 0 Å². The molecule has 2 rings (SSSR count). The van der Waals surface area contributed by atoms with Crippen LogP contribution in [0.3, 0.4) is 0 Å². The van der Waals surface area contributed by atoms with Crippen molar-refractivity contribution in [1.82, 2.24) is 10.6 Å². The summed E-state index contributed by atoms with van der Waals surface area (Å²) in [6, 6.07) is 5.50. The van der Waals surface area contributed by atoms with E-state index in [4.69, 9.17) is 4.74 Å². The van der Waals surface area contributed by atoms with Gasteiger partial charge in [0.1, 0.15) is 18.2 Å².